The molecule has 0 aliphatic rings. The molecule has 0 saturated heterocycles. The number of hydrogen-bond acceptors (Lipinski definition) is 4. The van der Waals surface area contributed by atoms with Crippen molar-refractivity contribution in [1.82, 2.24) is 10.4 Å². The molecule has 2 rings (SSSR count). The normalized spacial score (nSPS) is 12.4. The van der Waals surface area contributed by atoms with Crippen molar-refractivity contribution >= 4 is 0 Å². The van der Waals surface area contributed by atoms with E-state index in [4.69, 9.17) is 10.6 Å². The zero-order chi connectivity index (χ0) is 14.5. The molecular formula is C16H21N3O. The Balaban J connectivity index is 2.36. The first kappa shape index (κ1) is 14.5. The molecule has 1 unspecified atom stereocenters. The summed E-state index contributed by atoms with van der Waals surface area (Å²) in [6.07, 6.45) is 1.74. The zero-order valence-electron chi connectivity index (χ0n) is 12.1. The van der Waals surface area contributed by atoms with Crippen molar-refractivity contribution in [2.45, 2.75) is 25.8 Å². The van der Waals surface area contributed by atoms with Crippen LogP contribution in [-0.2, 0) is 0 Å². The van der Waals surface area contributed by atoms with Gasteiger partial charge in [0.25, 0.3) is 0 Å². The molecule has 2 aromatic rings. The Morgan fingerprint density at radius 1 is 1.10 bits per heavy atom. The number of rotatable bonds is 5. The Hall–Kier alpha value is -1.91. The maximum Gasteiger partial charge on any atom is 0.142 e. The number of pyridine rings is 1. The van der Waals surface area contributed by atoms with Crippen molar-refractivity contribution in [3.05, 3.63) is 59.4 Å². The quantitative estimate of drug-likeness (QED) is 0.648. The molecule has 106 valence electrons. The standard InChI is InChI=1S/C16H21N3O/c1-11(2)12-6-8-13(9-7-12)15(19-17)16-14(20-3)5-4-10-18-16/h4-11,15,19H,17H2,1-3H3. The topological polar surface area (TPSA) is 60.2 Å². The predicted octanol–water partition coefficient (Wildman–Crippen LogP) is 2.77. The molecule has 0 aliphatic heterocycles. The average molecular weight is 271 g/mol. The van der Waals surface area contributed by atoms with E-state index in [0.29, 0.717) is 5.92 Å². The van der Waals surface area contributed by atoms with Crippen molar-refractivity contribution in [3.63, 3.8) is 0 Å². The Kier molecular flexibility index (Phi) is 4.71. The van der Waals surface area contributed by atoms with E-state index in [-0.39, 0.29) is 6.04 Å². The minimum absolute atomic E-state index is 0.188. The van der Waals surface area contributed by atoms with E-state index in [9.17, 15) is 0 Å². The smallest absolute Gasteiger partial charge is 0.142 e. The molecule has 0 fully saturated rings. The first-order valence-corrected chi connectivity index (χ1v) is 6.72. The molecule has 0 aliphatic carbocycles. The molecule has 0 amide bonds. The number of hydrazine groups is 1. The van der Waals surface area contributed by atoms with Gasteiger partial charge in [0.15, 0.2) is 0 Å². The van der Waals surface area contributed by atoms with Crippen molar-refractivity contribution in [2.75, 3.05) is 7.11 Å². The monoisotopic (exact) mass is 271 g/mol. The van der Waals surface area contributed by atoms with E-state index in [2.05, 4.69) is 48.5 Å². The second kappa shape index (κ2) is 6.50. The van der Waals surface area contributed by atoms with Gasteiger partial charge in [0.1, 0.15) is 11.4 Å². The summed E-state index contributed by atoms with van der Waals surface area (Å²) in [5.74, 6) is 6.95. The van der Waals surface area contributed by atoms with Crippen LogP contribution in [-0.4, -0.2) is 12.1 Å². The second-order valence-corrected chi connectivity index (χ2v) is 5.01. The van der Waals surface area contributed by atoms with Gasteiger partial charge < -0.3 is 4.74 Å². The zero-order valence-corrected chi connectivity index (χ0v) is 12.1. The van der Waals surface area contributed by atoms with Crippen molar-refractivity contribution in [1.29, 1.82) is 0 Å². The van der Waals surface area contributed by atoms with Gasteiger partial charge in [-0.2, -0.15) is 0 Å². The molecule has 20 heavy (non-hydrogen) atoms. The minimum atomic E-state index is -0.188. The predicted molar refractivity (Wildman–Crippen MR) is 80.5 cm³/mol. The van der Waals surface area contributed by atoms with Gasteiger partial charge in [0, 0.05) is 6.20 Å². The maximum atomic E-state index is 5.71. The van der Waals surface area contributed by atoms with Crippen LogP contribution < -0.4 is 16.0 Å². The number of hydrogen-bond donors (Lipinski definition) is 2. The molecule has 1 aromatic heterocycles. The number of nitrogens with two attached hydrogens (primary N) is 1. The SMILES string of the molecule is COc1cccnc1C(NN)c1ccc(C(C)C)cc1. The van der Waals surface area contributed by atoms with E-state index >= 15 is 0 Å². The summed E-state index contributed by atoms with van der Waals surface area (Å²) in [5.41, 5.74) is 5.97. The molecule has 3 N–H and O–H groups in total. The van der Waals surface area contributed by atoms with E-state index in [1.165, 1.54) is 5.56 Å². The first-order chi connectivity index (χ1) is 9.67. The summed E-state index contributed by atoms with van der Waals surface area (Å²) >= 11 is 0. The molecule has 0 radical (unpaired) electrons. The lowest BCUT2D eigenvalue weighted by Gasteiger charge is -2.19. The molecule has 1 heterocycles. The van der Waals surface area contributed by atoms with E-state index in [1.54, 1.807) is 13.3 Å². The van der Waals surface area contributed by atoms with Gasteiger partial charge in [-0.25, -0.2) is 5.43 Å². The van der Waals surface area contributed by atoms with E-state index < -0.39 is 0 Å². The number of ether oxygens (including phenoxy) is 1. The van der Waals surface area contributed by atoms with Crippen molar-refractivity contribution in [2.24, 2.45) is 5.84 Å². The number of methoxy groups -OCH3 is 1. The second-order valence-electron chi connectivity index (χ2n) is 5.01. The maximum absolute atomic E-state index is 5.71. The molecule has 4 nitrogen and oxygen atoms in total. The van der Waals surface area contributed by atoms with Gasteiger partial charge in [-0.05, 0) is 29.2 Å². The third-order valence-corrected chi connectivity index (χ3v) is 3.40. The van der Waals surface area contributed by atoms with Crippen LogP contribution in [0.25, 0.3) is 0 Å². The minimum Gasteiger partial charge on any atom is -0.495 e. The van der Waals surface area contributed by atoms with Gasteiger partial charge in [0.2, 0.25) is 0 Å². The number of benzene rings is 1. The summed E-state index contributed by atoms with van der Waals surface area (Å²) in [4.78, 5) is 4.39. The summed E-state index contributed by atoms with van der Waals surface area (Å²) in [5, 5.41) is 0. The molecule has 1 aromatic carbocycles. The molecule has 0 spiro atoms. The first-order valence-electron chi connectivity index (χ1n) is 6.72. The summed E-state index contributed by atoms with van der Waals surface area (Å²) in [6, 6.07) is 11.9. The van der Waals surface area contributed by atoms with Crippen LogP contribution in [0, 0.1) is 0 Å². The molecule has 1 atom stereocenters. The van der Waals surface area contributed by atoms with Crippen LogP contribution in [0.3, 0.4) is 0 Å². The Morgan fingerprint density at radius 3 is 2.30 bits per heavy atom. The van der Waals surface area contributed by atoms with Crippen molar-refractivity contribution in [3.8, 4) is 5.75 Å². The Labute approximate surface area is 120 Å². The van der Waals surface area contributed by atoms with E-state index in [1.807, 2.05) is 12.1 Å². The lowest BCUT2D eigenvalue weighted by atomic mass is 9.97. The Morgan fingerprint density at radius 2 is 1.75 bits per heavy atom. The highest BCUT2D eigenvalue weighted by atomic mass is 16.5. The molecule has 0 saturated carbocycles. The number of aromatic nitrogens is 1. The van der Waals surface area contributed by atoms with Gasteiger partial charge in [-0.1, -0.05) is 38.1 Å². The van der Waals surface area contributed by atoms with Crippen LogP contribution in [0.4, 0.5) is 0 Å². The van der Waals surface area contributed by atoms with Crippen LogP contribution in [0.15, 0.2) is 42.6 Å². The lowest BCUT2D eigenvalue weighted by Crippen LogP contribution is -2.29. The summed E-state index contributed by atoms with van der Waals surface area (Å²) in [6.45, 7) is 4.35. The Bertz CT molecular complexity index is 552. The largest absolute Gasteiger partial charge is 0.495 e. The molecular weight excluding hydrogens is 250 g/mol. The average Bonchev–Trinajstić information content (AvgIpc) is 2.49. The van der Waals surface area contributed by atoms with Crippen LogP contribution >= 0.6 is 0 Å². The van der Waals surface area contributed by atoms with Crippen LogP contribution in [0.2, 0.25) is 0 Å². The fourth-order valence-electron chi connectivity index (χ4n) is 2.20. The van der Waals surface area contributed by atoms with Gasteiger partial charge in [-0.15, -0.1) is 0 Å². The van der Waals surface area contributed by atoms with Crippen molar-refractivity contribution < 1.29 is 4.74 Å². The highest BCUT2D eigenvalue weighted by Gasteiger charge is 2.18. The summed E-state index contributed by atoms with van der Waals surface area (Å²) in [7, 11) is 1.63. The van der Waals surface area contributed by atoms with Gasteiger partial charge >= 0.3 is 0 Å². The van der Waals surface area contributed by atoms with Gasteiger partial charge in [0.05, 0.1) is 13.2 Å². The lowest BCUT2D eigenvalue weighted by molar-refractivity contribution is 0.400. The third-order valence-electron chi connectivity index (χ3n) is 3.40. The van der Waals surface area contributed by atoms with Gasteiger partial charge in [-0.3, -0.25) is 10.8 Å². The molecule has 0 bridgehead atoms. The fourth-order valence-corrected chi connectivity index (χ4v) is 2.20. The van der Waals surface area contributed by atoms with Crippen LogP contribution in [0.1, 0.15) is 42.6 Å². The van der Waals surface area contributed by atoms with E-state index in [0.717, 1.165) is 17.0 Å². The summed E-state index contributed by atoms with van der Waals surface area (Å²) < 4.78 is 5.35. The highest BCUT2D eigenvalue weighted by molar-refractivity contribution is 5.38. The fraction of sp³-hybridized carbons (Fsp3) is 0.312. The number of nitrogens with zero attached hydrogens (tertiary/aromatic N) is 1. The highest BCUT2D eigenvalue weighted by Crippen LogP contribution is 2.28. The van der Waals surface area contributed by atoms with Crippen LogP contribution in [0.5, 0.6) is 5.75 Å². The third kappa shape index (κ3) is 2.98. The molecule has 4 heteroatoms. The number of nitrogens with one attached hydrogen (secondary N) is 1.